The van der Waals surface area contributed by atoms with Crippen LogP contribution in [0.3, 0.4) is 0 Å². The molecular weight excluding hydrogens is 524 g/mol. The monoisotopic (exact) mass is 546 g/mol. The van der Waals surface area contributed by atoms with Crippen LogP contribution >= 0.6 is 22.9 Å². The molecule has 1 N–H and O–H groups in total. The minimum Gasteiger partial charge on any atom is -0.497 e. The van der Waals surface area contributed by atoms with E-state index < -0.39 is 0 Å². The lowest BCUT2D eigenvalue weighted by Gasteiger charge is -2.08. The number of fused-ring (bicyclic) bond motifs is 1. The fourth-order valence-corrected chi connectivity index (χ4v) is 5.14. The Morgan fingerprint density at radius 1 is 0.947 bits per heavy atom. The van der Waals surface area contributed by atoms with Gasteiger partial charge >= 0.3 is 0 Å². The van der Waals surface area contributed by atoms with Crippen molar-refractivity contribution in [2.24, 2.45) is 0 Å². The molecule has 0 unspecified atom stereocenters. The second-order valence-corrected chi connectivity index (χ2v) is 9.87. The molecule has 0 aliphatic heterocycles. The maximum atomic E-state index is 13.5. The molecule has 38 heavy (non-hydrogen) atoms. The number of rotatable bonds is 7. The zero-order valence-electron chi connectivity index (χ0n) is 20.8. The van der Waals surface area contributed by atoms with Gasteiger partial charge in [-0.3, -0.25) is 14.2 Å². The molecule has 0 spiro atoms. The zero-order chi connectivity index (χ0) is 26.8. The van der Waals surface area contributed by atoms with Crippen molar-refractivity contribution < 1.29 is 19.1 Å². The Hall–Kier alpha value is -4.21. The van der Waals surface area contributed by atoms with Crippen LogP contribution in [0.1, 0.15) is 21.6 Å². The molecule has 2 aromatic heterocycles. The standard InChI is InChI=1S/C28H23ClN4O4S/c1-16-22(15-25(34)30-28-32-31-26(38-28)17-6-10-20(36-2)11-7-17)23-14-21(37-3)12-13-24(23)33(16)27(35)18-4-8-19(29)9-5-18/h4-14H,15H2,1-3H3,(H,30,32,34). The molecule has 0 saturated heterocycles. The second-order valence-electron chi connectivity index (χ2n) is 8.46. The average molecular weight is 547 g/mol. The van der Waals surface area contributed by atoms with Crippen LogP contribution in [0.4, 0.5) is 5.13 Å². The van der Waals surface area contributed by atoms with Crippen molar-refractivity contribution in [2.45, 2.75) is 13.3 Å². The van der Waals surface area contributed by atoms with Crippen LogP contribution in [0.25, 0.3) is 21.5 Å². The van der Waals surface area contributed by atoms with E-state index in [1.807, 2.05) is 43.3 Å². The first kappa shape index (κ1) is 25.4. The first-order valence-electron chi connectivity index (χ1n) is 11.6. The summed E-state index contributed by atoms with van der Waals surface area (Å²) >= 11 is 7.28. The van der Waals surface area contributed by atoms with Crippen LogP contribution in [0.5, 0.6) is 11.5 Å². The Kier molecular flexibility index (Phi) is 7.13. The van der Waals surface area contributed by atoms with E-state index in [0.717, 1.165) is 22.3 Å². The highest BCUT2D eigenvalue weighted by atomic mass is 35.5. The Bertz CT molecular complexity index is 1640. The number of methoxy groups -OCH3 is 2. The van der Waals surface area contributed by atoms with Gasteiger partial charge in [-0.1, -0.05) is 22.9 Å². The van der Waals surface area contributed by atoms with E-state index in [4.69, 9.17) is 21.1 Å². The highest BCUT2D eigenvalue weighted by molar-refractivity contribution is 7.18. The zero-order valence-corrected chi connectivity index (χ0v) is 22.4. The number of nitrogens with zero attached hydrogens (tertiary/aromatic N) is 3. The number of aromatic nitrogens is 3. The lowest BCUT2D eigenvalue weighted by atomic mass is 10.1. The lowest BCUT2D eigenvalue weighted by molar-refractivity contribution is -0.115. The second kappa shape index (κ2) is 10.6. The third kappa shape index (κ3) is 4.98. The highest BCUT2D eigenvalue weighted by Crippen LogP contribution is 2.32. The fraction of sp³-hybridized carbons (Fsp3) is 0.143. The lowest BCUT2D eigenvalue weighted by Crippen LogP contribution is -2.16. The third-order valence-electron chi connectivity index (χ3n) is 6.18. The van der Waals surface area contributed by atoms with E-state index in [2.05, 4.69) is 15.5 Å². The van der Waals surface area contributed by atoms with Crippen LogP contribution < -0.4 is 14.8 Å². The number of nitrogens with one attached hydrogen (secondary N) is 1. The quantitative estimate of drug-likeness (QED) is 0.269. The van der Waals surface area contributed by atoms with Crippen LogP contribution in [0.2, 0.25) is 5.02 Å². The predicted octanol–water partition coefficient (Wildman–Crippen LogP) is 6.01. The van der Waals surface area contributed by atoms with Gasteiger partial charge in [0, 0.05) is 27.2 Å². The Balaban J connectivity index is 1.43. The Morgan fingerprint density at radius 2 is 1.63 bits per heavy atom. The van der Waals surface area contributed by atoms with Gasteiger partial charge in [0.2, 0.25) is 11.0 Å². The van der Waals surface area contributed by atoms with E-state index in [-0.39, 0.29) is 18.2 Å². The summed E-state index contributed by atoms with van der Waals surface area (Å²) in [7, 11) is 3.18. The number of benzene rings is 3. The van der Waals surface area contributed by atoms with E-state index in [1.54, 1.807) is 49.1 Å². The van der Waals surface area contributed by atoms with E-state index in [0.29, 0.717) is 37.7 Å². The normalized spacial score (nSPS) is 10.9. The minimum absolute atomic E-state index is 0.0356. The Morgan fingerprint density at radius 3 is 2.32 bits per heavy atom. The van der Waals surface area contributed by atoms with Crippen molar-refractivity contribution in [3.8, 4) is 22.1 Å². The highest BCUT2D eigenvalue weighted by Gasteiger charge is 2.22. The van der Waals surface area contributed by atoms with Crippen LogP contribution in [-0.4, -0.2) is 40.8 Å². The maximum Gasteiger partial charge on any atom is 0.262 e. The van der Waals surface area contributed by atoms with Crippen molar-refractivity contribution >= 4 is 50.8 Å². The van der Waals surface area contributed by atoms with Gasteiger partial charge in [0.15, 0.2) is 0 Å². The molecule has 5 aromatic rings. The van der Waals surface area contributed by atoms with E-state index >= 15 is 0 Å². The Labute approximate surface area is 227 Å². The molecular formula is C28H23ClN4O4S. The molecule has 0 atom stereocenters. The van der Waals surface area contributed by atoms with Gasteiger partial charge in [-0.15, -0.1) is 10.2 Å². The van der Waals surface area contributed by atoms with Crippen LogP contribution in [0, 0.1) is 6.92 Å². The van der Waals surface area contributed by atoms with E-state index in [9.17, 15) is 9.59 Å². The number of amides is 1. The van der Waals surface area contributed by atoms with Crippen molar-refractivity contribution in [3.63, 3.8) is 0 Å². The number of halogens is 1. The first-order chi connectivity index (χ1) is 18.4. The molecule has 1 amide bonds. The van der Waals surface area contributed by atoms with Crippen molar-refractivity contribution in [2.75, 3.05) is 19.5 Å². The van der Waals surface area contributed by atoms with Gasteiger partial charge in [-0.2, -0.15) is 0 Å². The maximum absolute atomic E-state index is 13.5. The SMILES string of the molecule is COc1ccc(-c2nnc(NC(=O)Cc3c(C)n(C(=O)c4ccc(Cl)cc4)c4ccc(OC)cc34)s2)cc1. The number of anilines is 1. The van der Waals surface area contributed by atoms with Gasteiger partial charge in [-0.05, 0) is 79.2 Å². The van der Waals surface area contributed by atoms with Crippen molar-refractivity contribution in [1.29, 1.82) is 0 Å². The number of hydrogen-bond donors (Lipinski definition) is 1. The summed E-state index contributed by atoms with van der Waals surface area (Å²) in [6.45, 7) is 1.83. The van der Waals surface area contributed by atoms with Gasteiger partial charge in [0.1, 0.15) is 16.5 Å². The summed E-state index contributed by atoms with van der Waals surface area (Å²) in [5.41, 5.74) is 3.43. The molecule has 0 bridgehead atoms. The molecule has 0 aliphatic rings. The smallest absolute Gasteiger partial charge is 0.262 e. The molecule has 192 valence electrons. The van der Waals surface area contributed by atoms with Crippen molar-refractivity contribution in [1.82, 2.24) is 14.8 Å². The van der Waals surface area contributed by atoms with E-state index in [1.165, 1.54) is 11.3 Å². The summed E-state index contributed by atoms with van der Waals surface area (Å²) in [5.74, 6) is 0.886. The molecule has 3 aromatic carbocycles. The molecule has 8 nitrogen and oxygen atoms in total. The fourth-order valence-electron chi connectivity index (χ4n) is 4.24. The molecule has 0 radical (unpaired) electrons. The molecule has 0 aliphatic carbocycles. The largest absolute Gasteiger partial charge is 0.497 e. The number of carbonyl (C=O) groups excluding carboxylic acids is 2. The van der Waals surface area contributed by atoms with Gasteiger partial charge < -0.3 is 14.8 Å². The summed E-state index contributed by atoms with van der Waals surface area (Å²) in [6, 6.07) is 19.6. The minimum atomic E-state index is -0.272. The molecule has 10 heteroatoms. The van der Waals surface area contributed by atoms with Gasteiger partial charge in [0.05, 0.1) is 26.2 Å². The van der Waals surface area contributed by atoms with Crippen molar-refractivity contribution in [3.05, 3.63) is 88.6 Å². The van der Waals surface area contributed by atoms with Crippen LogP contribution in [0.15, 0.2) is 66.7 Å². The molecule has 5 rings (SSSR count). The summed E-state index contributed by atoms with van der Waals surface area (Å²) in [6.07, 6.45) is 0.0356. The number of hydrogen-bond acceptors (Lipinski definition) is 7. The van der Waals surface area contributed by atoms with Crippen LogP contribution in [-0.2, 0) is 11.2 Å². The molecule has 0 fully saturated rings. The first-order valence-corrected chi connectivity index (χ1v) is 12.8. The molecule has 0 saturated carbocycles. The topological polar surface area (TPSA) is 95.3 Å². The predicted molar refractivity (Wildman–Crippen MR) is 149 cm³/mol. The summed E-state index contributed by atoms with van der Waals surface area (Å²) in [4.78, 5) is 26.6. The summed E-state index contributed by atoms with van der Waals surface area (Å²) in [5, 5.41) is 13.5. The number of carbonyl (C=O) groups is 2. The number of ether oxygens (including phenoxy) is 2. The average Bonchev–Trinajstić information content (AvgIpc) is 3.50. The molecule has 2 heterocycles. The third-order valence-corrected chi connectivity index (χ3v) is 7.32. The van der Waals surface area contributed by atoms with Gasteiger partial charge in [0.25, 0.3) is 5.91 Å². The van der Waals surface area contributed by atoms with Gasteiger partial charge in [-0.25, -0.2) is 0 Å². The summed E-state index contributed by atoms with van der Waals surface area (Å²) < 4.78 is 12.2.